The maximum atomic E-state index is 10.5. The van der Waals surface area contributed by atoms with Gasteiger partial charge in [0.2, 0.25) is 0 Å². The lowest BCUT2D eigenvalue weighted by atomic mass is 10.2. The largest absolute Gasteiger partial charge is 0.480 e. The van der Waals surface area contributed by atoms with Crippen LogP contribution in [0.25, 0.3) is 0 Å². The van der Waals surface area contributed by atoms with Crippen LogP contribution in [0.3, 0.4) is 0 Å². The zero-order valence-electron chi connectivity index (χ0n) is 8.53. The van der Waals surface area contributed by atoms with Crippen LogP contribution in [0.2, 0.25) is 0 Å². The monoisotopic (exact) mass is 189 g/mol. The number of carbonyl (C=O) groups is 1. The van der Waals surface area contributed by atoms with Gasteiger partial charge in [-0.1, -0.05) is 6.92 Å². The number of nitrogens with zero attached hydrogens (tertiary/aromatic N) is 1. The van der Waals surface area contributed by atoms with Crippen LogP contribution in [-0.4, -0.2) is 46.3 Å². The van der Waals surface area contributed by atoms with Gasteiger partial charge in [0.15, 0.2) is 0 Å². The first-order chi connectivity index (χ1) is 5.97. The van der Waals surface area contributed by atoms with E-state index in [1.165, 1.54) is 0 Å². The first kappa shape index (κ1) is 12.4. The molecule has 0 aromatic rings. The molecule has 0 fully saturated rings. The summed E-state index contributed by atoms with van der Waals surface area (Å²) >= 11 is 0. The Hall–Kier alpha value is -0.610. The molecule has 0 spiro atoms. The molecule has 0 aromatic heterocycles. The molecule has 4 heteroatoms. The number of aliphatic carboxylic acids is 1. The van der Waals surface area contributed by atoms with Crippen molar-refractivity contribution in [3.05, 3.63) is 0 Å². The van der Waals surface area contributed by atoms with Crippen LogP contribution < -0.4 is 0 Å². The Labute approximate surface area is 79.2 Å². The smallest absolute Gasteiger partial charge is 0.317 e. The molecule has 0 saturated heterocycles. The molecule has 0 rings (SSSR count). The fourth-order valence-corrected chi connectivity index (χ4v) is 1.17. The standard InChI is InChI=1S/C9H19NO3/c1-4-7(2)10(5-8(3)11)6-9(12)13/h7-8,11H,4-6H2,1-3H3,(H,12,13). The van der Waals surface area contributed by atoms with Crippen molar-refractivity contribution in [2.75, 3.05) is 13.1 Å². The Morgan fingerprint density at radius 2 is 2.00 bits per heavy atom. The number of hydrogen-bond acceptors (Lipinski definition) is 3. The highest BCUT2D eigenvalue weighted by molar-refractivity contribution is 5.69. The van der Waals surface area contributed by atoms with E-state index in [0.29, 0.717) is 6.54 Å². The number of carboxylic acid groups (broad SMARTS) is 1. The summed E-state index contributed by atoms with van der Waals surface area (Å²) < 4.78 is 0. The van der Waals surface area contributed by atoms with E-state index in [2.05, 4.69) is 0 Å². The fraction of sp³-hybridized carbons (Fsp3) is 0.889. The number of aliphatic hydroxyl groups is 1. The lowest BCUT2D eigenvalue weighted by Gasteiger charge is -2.27. The number of carboxylic acids is 1. The second-order valence-electron chi connectivity index (χ2n) is 3.43. The Bertz CT molecular complexity index is 159. The van der Waals surface area contributed by atoms with Crippen LogP contribution in [0.15, 0.2) is 0 Å². The van der Waals surface area contributed by atoms with Crippen molar-refractivity contribution in [3.8, 4) is 0 Å². The first-order valence-corrected chi connectivity index (χ1v) is 4.61. The van der Waals surface area contributed by atoms with Gasteiger partial charge in [-0.05, 0) is 20.3 Å². The Morgan fingerprint density at radius 1 is 1.46 bits per heavy atom. The quantitative estimate of drug-likeness (QED) is 0.640. The molecule has 0 aliphatic heterocycles. The van der Waals surface area contributed by atoms with Gasteiger partial charge in [-0.2, -0.15) is 0 Å². The predicted octanol–water partition coefficient (Wildman–Crippen LogP) is 0.552. The SMILES string of the molecule is CCC(C)N(CC(=O)O)CC(C)O. The molecule has 2 atom stereocenters. The molecule has 0 aliphatic rings. The lowest BCUT2D eigenvalue weighted by molar-refractivity contribution is -0.139. The summed E-state index contributed by atoms with van der Waals surface area (Å²) in [5, 5.41) is 17.8. The number of hydrogen-bond donors (Lipinski definition) is 2. The highest BCUT2D eigenvalue weighted by atomic mass is 16.4. The summed E-state index contributed by atoms with van der Waals surface area (Å²) in [6.07, 6.45) is 0.411. The van der Waals surface area contributed by atoms with Gasteiger partial charge in [-0.15, -0.1) is 0 Å². The summed E-state index contributed by atoms with van der Waals surface area (Å²) in [6.45, 7) is 6.05. The highest BCUT2D eigenvalue weighted by Crippen LogP contribution is 2.03. The number of rotatable bonds is 6. The van der Waals surface area contributed by atoms with Gasteiger partial charge in [0.25, 0.3) is 0 Å². The average molecular weight is 189 g/mol. The fourth-order valence-electron chi connectivity index (χ4n) is 1.17. The van der Waals surface area contributed by atoms with Gasteiger partial charge in [-0.3, -0.25) is 9.69 Å². The van der Waals surface area contributed by atoms with Crippen molar-refractivity contribution in [1.82, 2.24) is 4.90 Å². The molecule has 0 heterocycles. The number of aliphatic hydroxyl groups excluding tert-OH is 1. The van der Waals surface area contributed by atoms with E-state index < -0.39 is 12.1 Å². The minimum absolute atomic E-state index is 0.0000926. The molecular formula is C9H19NO3. The van der Waals surface area contributed by atoms with Crippen molar-refractivity contribution in [3.63, 3.8) is 0 Å². The molecule has 0 saturated carbocycles. The molecule has 13 heavy (non-hydrogen) atoms. The predicted molar refractivity (Wildman–Crippen MR) is 50.6 cm³/mol. The van der Waals surface area contributed by atoms with E-state index in [4.69, 9.17) is 10.2 Å². The third kappa shape index (κ3) is 5.60. The third-order valence-electron chi connectivity index (χ3n) is 2.05. The second-order valence-corrected chi connectivity index (χ2v) is 3.43. The molecule has 0 bridgehead atoms. The van der Waals surface area contributed by atoms with Crippen LogP contribution in [0, 0.1) is 0 Å². The van der Waals surface area contributed by atoms with Crippen LogP contribution in [-0.2, 0) is 4.79 Å². The van der Waals surface area contributed by atoms with Gasteiger partial charge < -0.3 is 10.2 Å². The topological polar surface area (TPSA) is 60.8 Å². The molecular weight excluding hydrogens is 170 g/mol. The van der Waals surface area contributed by atoms with Crippen molar-refractivity contribution in [1.29, 1.82) is 0 Å². The summed E-state index contributed by atoms with van der Waals surface area (Å²) in [5.74, 6) is -0.846. The first-order valence-electron chi connectivity index (χ1n) is 4.61. The molecule has 0 amide bonds. The van der Waals surface area contributed by atoms with Crippen molar-refractivity contribution in [2.45, 2.75) is 39.3 Å². The van der Waals surface area contributed by atoms with E-state index >= 15 is 0 Å². The van der Waals surface area contributed by atoms with E-state index in [1.807, 2.05) is 13.8 Å². The summed E-state index contributed by atoms with van der Waals surface area (Å²) in [5.41, 5.74) is 0. The zero-order chi connectivity index (χ0) is 10.4. The van der Waals surface area contributed by atoms with E-state index in [9.17, 15) is 4.79 Å². The summed E-state index contributed by atoms with van der Waals surface area (Å²) in [7, 11) is 0. The molecule has 2 unspecified atom stereocenters. The molecule has 0 aliphatic carbocycles. The summed E-state index contributed by atoms with van der Waals surface area (Å²) in [6, 6.07) is 0.200. The molecule has 0 aromatic carbocycles. The van der Waals surface area contributed by atoms with E-state index in [1.54, 1.807) is 11.8 Å². The summed E-state index contributed by atoms with van der Waals surface area (Å²) in [4.78, 5) is 12.3. The van der Waals surface area contributed by atoms with Crippen LogP contribution in [0.5, 0.6) is 0 Å². The maximum absolute atomic E-state index is 10.5. The normalized spacial score (nSPS) is 15.8. The van der Waals surface area contributed by atoms with Crippen molar-refractivity contribution < 1.29 is 15.0 Å². The van der Waals surface area contributed by atoms with Crippen molar-refractivity contribution in [2.24, 2.45) is 0 Å². The molecule has 4 nitrogen and oxygen atoms in total. The minimum Gasteiger partial charge on any atom is -0.480 e. The molecule has 2 N–H and O–H groups in total. The highest BCUT2D eigenvalue weighted by Gasteiger charge is 2.16. The van der Waals surface area contributed by atoms with Gasteiger partial charge >= 0.3 is 5.97 Å². The van der Waals surface area contributed by atoms with E-state index in [-0.39, 0.29) is 12.6 Å². The van der Waals surface area contributed by atoms with Gasteiger partial charge in [0.1, 0.15) is 0 Å². The third-order valence-corrected chi connectivity index (χ3v) is 2.05. The Kier molecular flexibility index (Phi) is 5.66. The van der Waals surface area contributed by atoms with Gasteiger partial charge in [-0.25, -0.2) is 0 Å². The molecule has 78 valence electrons. The van der Waals surface area contributed by atoms with Crippen molar-refractivity contribution >= 4 is 5.97 Å². The zero-order valence-corrected chi connectivity index (χ0v) is 8.53. The average Bonchev–Trinajstić information content (AvgIpc) is 2.00. The minimum atomic E-state index is -0.846. The molecule has 0 radical (unpaired) electrons. The van der Waals surface area contributed by atoms with Gasteiger partial charge in [0.05, 0.1) is 12.6 Å². The van der Waals surface area contributed by atoms with Gasteiger partial charge in [0, 0.05) is 12.6 Å². The maximum Gasteiger partial charge on any atom is 0.317 e. The van der Waals surface area contributed by atoms with Crippen LogP contribution in [0.1, 0.15) is 27.2 Å². The van der Waals surface area contributed by atoms with Crippen LogP contribution in [0.4, 0.5) is 0 Å². The second kappa shape index (κ2) is 5.94. The lowest BCUT2D eigenvalue weighted by Crippen LogP contribution is -2.41. The Balaban J connectivity index is 4.10. The van der Waals surface area contributed by atoms with Crippen LogP contribution >= 0.6 is 0 Å². The Morgan fingerprint density at radius 3 is 2.31 bits per heavy atom. The van der Waals surface area contributed by atoms with E-state index in [0.717, 1.165) is 6.42 Å².